The van der Waals surface area contributed by atoms with Crippen LogP contribution in [0.25, 0.3) is 0 Å². The van der Waals surface area contributed by atoms with Gasteiger partial charge in [0.05, 0.1) is 13.2 Å². The average Bonchev–Trinajstić information content (AvgIpc) is 2.58. The monoisotopic (exact) mass is 277 g/mol. The van der Waals surface area contributed by atoms with E-state index in [0.29, 0.717) is 26.2 Å². The number of carbonyl (C=O) groups excluding carboxylic acids is 1. The van der Waals surface area contributed by atoms with Crippen molar-refractivity contribution in [3.8, 4) is 11.5 Å². The van der Waals surface area contributed by atoms with Gasteiger partial charge in [0, 0.05) is 19.4 Å². The van der Waals surface area contributed by atoms with Crippen molar-refractivity contribution in [2.45, 2.75) is 40.2 Å². The molecule has 0 bridgehead atoms. The van der Waals surface area contributed by atoms with Gasteiger partial charge in [-0.15, -0.1) is 0 Å². The zero-order valence-electron chi connectivity index (χ0n) is 12.5. The molecule has 2 rings (SSSR count). The lowest BCUT2D eigenvalue weighted by Crippen LogP contribution is -2.27. The summed E-state index contributed by atoms with van der Waals surface area (Å²) in [5.74, 6) is 1.63. The predicted molar refractivity (Wildman–Crippen MR) is 78.0 cm³/mol. The maximum atomic E-state index is 11.8. The second-order valence-corrected chi connectivity index (χ2v) is 6.35. The van der Waals surface area contributed by atoms with Crippen molar-refractivity contribution in [3.05, 3.63) is 23.8 Å². The number of carbonyl (C=O) groups is 1. The summed E-state index contributed by atoms with van der Waals surface area (Å²) >= 11 is 0. The number of amides is 1. The van der Waals surface area contributed by atoms with Crippen molar-refractivity contribution in [2.75, 3.05) is 13.2 Å². The summed E-state index contributed by atoms with van der Waals surface area (Å²) in [4.78, 5) is 11.8. The Morgan fingerprint density at radius 1 is 1.20 bits per heavy atom. The Balaban J connectivity index is 1.94. The molecule has 0 fully saturated rings. The SMILES string of the molecule is CC(C)(C)CC(=O)NCc1ccc2c(c1)OCCCO2. The lowest BCUT2D eigenvalue weighted by atomic mass is 9.92. The van der Waals surface area contributed by atoms with Crippen LogP contribution in [0.15, 0.2) is 18.2 Å². The molecule has 4 heteroatoms. The van der Waals surface area contributed by atoms with E-state index >= 15 is 0 Å². The van der Waals surface area contributed by atoms with Crippen LogP contribution in [-0.2, 0) is 11.3 Å². The highest BCUT2D eigenvalue weighted by Gasteiger charge is 2.16. The van der Waals surface area contributed by atoms with Crippen LogP contribution in [0.1, 0.15) is 39.2 Å². The van der Waals surface area contributed by atoms with E-state index in [1.807, 2.05) is 18.2 Å². The van der Waals surface area contributed by atoms with Crippen LogP contribution in [0.3, 0.4) is 0 Å². The smallest absolute Gasteiger partial charge is 0.220 e. The third-order valence-electron chi connectivity index (χ3n) is 2.99. The minimum atomic E-state index is 0.00873. The Labute approximate surface area is 120 Å². The molecule has 0 spiro atoms. The summed E-state index contributed by atoms with van der Waals surface area (Å²) in [5.41, 5.74) is 1.03. The summed E-state index contributed by atoms with van der Waals surface area (Å²) in [7, 11) is 0. The zero-order valence-corrected chi connectivity index (χ0v) is 12.5. The molecule has 0 aromatic heterocycles. The van der Waals surface area contributed by atoms with Gasteiger partial charge in [-0.05, 0) is 23.1 Å². The van der Waals surface area contributed by atoms with Crippen molar-refractivity contribution in [3.63, 3.8) is 0 Å². The maximum absolute atomic E-state index is 11.8. The number of hydrogen-bond acceptors (Lipinski definition) is 3. The Bertz CT molecular complexity index is 477. The molecule has 1 aliphatic heterocycles. The van der Waals surface area contributed by atoms with Crippen LogP contribution in [0, 0.1) is 5.41 Å². The normalized spacial score (nSPS) is 14.6. The number of benzene rings is 1. The highest BCUT2D eigenvalue weighted by molar-refractivity contribution is 5.76. The average molecular weight is 277 g/mol. The van der Waals surface area contributed by atoms with Gasteiger partial charge in [0.1, 0.15) is 0 Å². The van der Waals surface area contributed by atoms with Crippen LogP contribution in [-0.4, -0.2) is 19.1 Å². The zero-order chi connectivity index (χ0) is 14.6. The quantitative estimate of drug-likeness (QED) is 0.924. The molecule has 1 aromatic rings. The van der Waals surface area contributed by atoms with Gasteiger partial charge in [0.2, 0.25) is 5.91 Å². The summed E-state index contributed by atoms with van der Waals surface area (Å²) < 4.78 is 11.2. The van der Waals surface area contributed by atoms with Crippen molar-refractivity contribution in [1.82, 2.24) is 5.32 Å². The first kappa shape index (κ1) is 14.7. The lowest BCUT2D eigenvalue weighted by molar-refractivity contribution is -0.122. The van der Waals surface area contributed by atoms with Crippen LogP contribution >= 0.6 is 0 Å². The molecule has 20 heavy (non-hydrogen) atoms. The number of fused-ring (bicyclic) bond motifs is 1. The standard InChI is InChI=1S/C16H23NO3/c1-16(2,3)10-15(18)17-11-12-5-6-13-14(9-12)20-8-4-7-19-13/h5-6,9H,4,7-8,10-11H2,1-3H3,(H,17,18). The lowest BCUT2D eigenvalue weighted by Gasteiger charge is -2.17. The van der Waals surface area contributed by atoms with E-state index in [9.17, 15) is 4.79 Å². The van der Waals surface area contributed by atoms with Crippen LogP contribution < -0.4 is 14.8 Å². The van der Waals surface area contributed by atoms with Gasteiger partial charge in [-0.3, -0.25) is 4.79 Å². The fraction of sp³-hybridized carbons (Fsp3) is 0.562. The van der Waals surface area contributed by atoms with Gasteiger partial charge in [-0.1, -0.05) is 26.8 Å². The first-order chi connectivity index (χ1) is 9.44. The molecule has 0 atom stereocenters. The molecule has 0 saturated heterocycles. The molecule has 0 saturated carbocycles. The van der Waals surface area contributed by atoms with Crippen LogP contribution in [0.5, 0.6) is 11.5 Å². The van der Waals surface area contributed by atoms with E-state index in [4.69, 9.17) is 9.47 Å². The van der Waals surface area contributed by atoms with E-state index in [1.165, 1.54) is 0 Å². The minimum absolute atomic E-state index is 0.00873. The first-order valence-corrected chi connectivity index (χ1v) is 7.09. The fourth-order valence-electron chi connectivity index (χ4n) is 2.06. The molecule has 1 aliphatic rings. The Morgan fingerprint density at radius 3 is 2.60 bits per heavy atom. The third-order valence-corrected chi connectivity index (χ3v) is 2.99. The third kappa shape index (κ3) is 4.44. The molecular weight excluding hydrogens is 254 g/mol. The number of nitrogens with one attached hydrogen (secondary N) is 1. The number of rotatable bonds is 3. The Morgan fingerprint density at radius 2 is 1.90 bits per heavy atom. The number of hydrogen-bond donors (Lipinski definition) is 1. The number of ether oxygens (including phenoxy) is 2. The topological polar surface area (TPSA) is 47.6 Å². The maximum Gasteiger partial charge on any atom is 0.220 e. The molecule has 1 heterocycles. The summed E-state index contributed by atoms with van der Waals surface area (Å²) in [5, 5.41) is 2.94. The summed E-state index contributed by atoms with van der Waals surface area (Å²) in [6.07, 6.45) is 1.42. The minimum Gasteiger partial charge on any atom is -0.490 e. The molecule has 0 radical (unpaired) electrons. The molecule has 4 nitrogen and oxygen atoms in total. The van der Waals surface area contributed by atoms with Gasteiger partial charge in [0.15, 0.2) is 11.5 Å². The van der Waals surface area contributed by atoms with Gasteiger partial charge in [-0.2, -0.15) is 0 Å². The van der Waals surface area contributed by atoms with Crippen molar-refractivity contribution < 1.29 is 14.3 Å². The largest absolute Gasteiger partial charge is 0.490 e. The van der Waals surface area contributed by atoms with Crippen molar-refractivity contribution in [1.29, 1.82) is 0 Å². The molecule has 1 aromatic carbocycles. The van der Waals surface area contributed by atoms with E-state index in [-0.39, 0.29) is 11.3 Å². The van der Waals surface area contributed by atoms with E-state index < -0.39 is 0 Å². The summed E-state index contributed by atoms with van der Waals surface area (Å²) in [6, 6.07) is 5.81. The second-order valence-electron chi connectivity index (χ2n) is 6.35. The molecule has 1 amide bonds. The van der Waals surface area contributed by atoms with Gasteiger partial charge >= 0.3 is 0 Å². The van der Waals surface area contributed by atoms with E-state index in [0.717, 1.165) is 23.5 Å². The molecule has 1 N–H and O–H groups in total. The van der Waals surface area contributed by atoms with Crippen LogP contribution in [0.4, 0.5) is 0 Å². The Hall–Kier alpha value is -1.71. The highest BCUT2D eigenvalue weighted by atomic mass is 16.5. The second kappa shape index (κ2) is 6.16. The molecule has 0 unspecified atom stereocenters. The molecule has 110 valence electrons. The molecular formula is C16H23NO3. The van der Waals surface area contributed by atoms with E-state index in [1.54, 1.807) is 0 Å². The predicted octanol–water partition coefficient (Wildman–Crippen LogP) is 2.90. The highest BCUT2D eigenvalue weighted by Crippen LogP contribution is 2.30. The van der Waals surface area contributed by atoms with E-state index in [2.05, 4.69) is 26.1 Å². The first-order valence-electron chi connectivity index (χ1n) is 7.09. The van der Waals surface area contributed by atoms with Crippen molar-refractivity contribution >= 4 is 5.91 Å². The van der Waals surface area contributed by atoms with Crippen LogP contribution in [0.2, 0.25) is 0 Å². The Kier molecular flexibility index (Phi) is 4.53. The van der Waals surface area contributed by atoms with Crippen molar-refractivity contribution in [2.24, 2.45) is 5.41 Å². The van der Waals surface area contributed by atoms with Gasteiger partial charge in [-0.25, -0.2) is 0 Å². The van der Waals surface area contributed by atoms with Gasteiger partial charge < -0.3 is 14.8 Å². The van der Waals surface area contributed by atoms with Gasteiger partial charge in [0.25, 0.3) is 0 Å². The molecule has 0 aliphatic carbocycles. The summed E-state index contributed by atoms with van der Waals surface area (Å²) in [6.45, 7) is 8.05. The fourth-order valence-corrected chi connectivity index (χ4v) is 2.06.